The molecule has 126 valence electrons. The van der Waals surface area contributed by atoms with Crippen molar-refractivity contribution in [3.8, 4) is 0 Å². The molecule has 1 unspecified atom stereocenters. The van der Waals surface area contributed by atoms with Crippen molar-refractivity contribution in [3.05, 3.63) is 0 Å². The topological polar surface area (TPSA) is 41.1 Å². The van der Waals surface area contributed by atoms with E-state index in [1.807, 2.05) is 20.8 Å². The average Bonchev–Trinajstić information content (AvgIpc) is 2.21. The SMILES string of the molecule is CC(C)(C)NCCCCC(NC(C)(C)C)C(=O)C(C)(C)C. The van der Waals surface area contributed by atoms with Crippen molar-refractivity contribution in [2.45, 2.75) is 98.7 Å². The van der Waals surface area contributed by atoms with Gasteiger partial charge in [0.25, 0.3) is 0 Å². The summed E-state index contributed by atoms with van der Waals surface area (Å²) in [7, 11) is 0. The Labute approximate surface area is 132 Å². The second-order valence-electron chi connectivity index (χ2n) is 9.23. The van der Waals surface area contributed by atoms with Crippen LogP contribution in [0.4, 0.5) is 0 Å². The fourth-order valence-electron chi connectivity index (χ4n) is 2.25. The van der Waals surface area contributed by atoms with Crippen molar-refractivity contribution < 1.29 is 4.79 Å². The first-order valence-corrected chi connectivity index (χ1v) is 8.29. The smallest absolute Gasteiger partial charge is 0.155 e. The van der Waals surface area contributed by atoms with Gasteiger partial charge in [0, 0.05) is 16.5 Å². The molecule has 3 nitrogen and oxygen atoms in total. The molecule has 0 spiro atoms. The predicted octanol–water partition coefficient (Wildman–Crippen LogP) is 3.92. The third-order valence-electron chi connectivity index (χ3n) is 3.24. The predicted molar refractivity (Wildman–Crippen MR) is 92.7 cm³/mol. The van der Waals surface area contributed by atoms with Gasteiger partial charge in [0.2, 0.25) is 0 Å². The summed E-state index contributed by atoms with van der Waals surface area (Å²) in [4.78, 5) is 12.6. The Bertz CT molecular complexity index is 316. The van der Waals surface area contributed by atoms with Gasteiger partial charge in [-0.3, -0.25) is 4.79 Å². The van der Waals surface area contributed by atoms with Gasteiger partial charge in [-0.05, 0) is 60.9 Å². The summed E-state index contributed by atoms with van der Waals surface area (Å²) in [6, 6.07) is -0.0420. The van der Waals surface area contributed by atoms with Crippen molar-refractivity contribution in [1.29, 1.82) is 0 Å². The average molecular weight is 299 g/mol. The van der Waals surface area contributed by atoms with E-state index in [0.717, 1.165) is 25.8 Å². The van der Waals surface area contributed by atoms with E-state index in [4.69, 9.17) is 0 Å². The van der Waals surface area contributed by atoms with Gasteiger partial charge in [-0.2, -0.15) is 0 Å². The molecule has 0 saturated carbocycles. The van der Waals surface area contributed by atoms with E-state index in [9.17, 15) is 4.79 Å². The van der Waals surface area contributed by atoms with Crippen molar-refractivity contribution in [2.24, 2.45) is 5.41 Å². The quantitative estimate of drug-likeness (QED) is 0.700. The van der Waals surface area contributed by atoms with Crippen molar-refractivity contribution in [2.75, 3.05) is 6.54 Å². The summed E-state index contributed by atoms with van der Waals surface area (Å²) in [5.74, 6) is 0.321. The van der Waals surface area contributed by atoms with Crippen LogP contribution in [-0.4, -0.2) is 29.4 Å². The van der Waals surface area contributed by atoms with Gasteiger partial charge >= 0.3 is 0 Å². The summed E-state index contributed by atoms with van der Waals surface area (Å²) in [5.41, 5.74) is -0.147. The standard InChI is InChI=1S/C18H38N2O/c1-16(2,3)15(21)14(20-18(7,8)9)12-10-11-13-19-17(4,5)6/h14,19-20H,10-13H2,1-9H3. The van der Waals surface area contributed by atoms with Crippen LogP contribution in [0.5, 0.6) is 0 Å². The van der Waals surface area contributed by atoms with Gasteiger partial charge in [-0.25, -0.2) is 0 Å². The first kappa shape index (κ1) is 20.6. The van der Waals surface area contributed by atoms with E-state index < -0.39 is 0 Å². The van der Waals surface area contributed by atoms with E-state index in [2.05, 4.69) is 52.2 Å². The lowest BCUT2D eigenvalue weighted by Crippen LogP contribution is -2.50. The molecule has 0 aliphatic carbocycles. The van der Waals surface area contributed by atoms with Gasteiger partial charge < -0.3 is 10.6 Å². The zero-order valence-corrected chi connectivity index (χ0v) is 15.8. The highest BCUT2D eigenvalue weighted by Gasteiger charge is 2.31. The molecule has 0 radical (unpaired) electrons. The van der Waals surface area contributed by atoms with E-state index in [-0.39, 0.29) is 22.5 Å². The Balaban J connectivity index is 4.40. The van der Waals surface area contributed by atoms with Crippen LogP contribution in [0, 0.1) is 5.41 Å². The normalized spacial score (nSPS) is 15.1. The number of carbonyl (C=O) groups is 1. The molecule has 0 aliphatic heterocycles. The number of Topliss-reactive ketones (excluding diaryl/α,β-unsaturated/α-hetero) is 1. The molecule has 0 aliphatic rings. The number of rotatable bonds is 7. The molecule has 1 atom stereocenters. The fourth-order valence-corrected chi connectivity index (χ4v) is 2.25. The maximum absolute atomic E-state index is 12.6. The fraction of sp³-hybridized carbons (Fsp3) is 0.944. The van der Waals surface area contributed by atoms with Crippen LogP contribution in [0.3, 0.4) is 0 Å². The third kappa shape index (κ3) is 10.9. The van der Waals surface area contributed by atoms with Crippen LogP contribution >= 0.6 is 0 Å². The zero-order valence-electron chi connectivity index (χ0n) is 15.8. The van der Waals surface area contributed by atoms with Gasteiger partial charge in [-0.15, -0.1) is 0 Å². The molecule has 0 bridgehead atoms. The van der Waals surface area contributed by atoms with Gasteiger partial charge in [0.15, 0.2) is 5.78 Å². The van der Waals surface area contributed by atoms with Crippen LogP contribution in [0.2, 0.25) is 0 Å². The summed E-state index contributed by atoms with van der Waals surface area (Å²) >= 11 is 0. The molecule has 0 rings (SSSR count). The molecule has 0 saturated heterocycles. The van der Waals surface area contributed by atoms with Gasteiger partial charge in [-0.1, -0.05) is 27.2 Å². The number of hydrogen-bond acceptors (Lipinski definition) is 3. The lowest BCUT2D eigenvalue weighted by molar-refractivity contribution is -0.129. The third-order valence-corrected chi connectivity index (χ3v) is 3.24. The first-order chi connectivity index (χ1) is 9.22. The second-order valence-corrected chi connectivity index (χ2v) is 9.23. The second kappa shape index (κ2) is 7.73. The Hall–Kier alpha value is -0.410. The minimum atomic E-state index is -0.285. The first-order valence-electron chi connectivity index (χ1n) is 8.29. The summed E-state index contributed by atoms with van der Waals surface area (Å²) in [6.07, 6.45) is 3.09. The van der Waals surface area contributed by atoms with Gasteiger partial charge in [0.05, 0.1) is 6.04 Å². The Morgan fingerprint density at radius 3 is 1.76 bits per heavy atom. The molecular weight excluding hydrogens is 260 g/mol. The van der Waals surface area contributed by atoms with E-state index >= 15 is 0 Å². The van der Waals surface area contributed by atoms with Crippen LogP contribution in [0.15, 0.2) is 0 Å². The van der Waals surface area contributed by atoms with Gasteiger partial charge in [0.1, 0.15) is 0 Å². The van der Waals surface area contributed by atoms with Crippen LogP contribution in [-0.2, 0) is 4.79 Å². The molecule has 2 N–H and O–H groups in total. The lowest BCUT2D eigenvalue weighted by Gasteiger charge is -2.32. The highest BCUT2D eigenvalue weighted by Crippen LogP contribution is 2.21. The number of carbonyl (C=O) groups excluding carboxylic acids is 1. The van der Waals surface area contributed by atoms with E-state index in [1.54, 1.807) is 0 Å². The van der Waals surface area contributed by atoms with E-state index in [1.165, 1.54) is 0 Å². The molecule has 0 aromatic carbocycles. The highest BCUT2D eigenvalue weighted by molar-refractivity contribution is 5.88. The number of ketones is 1. The molecule has 0 aromatic heterocycles. The van der Waals surface area contributed by atoms with Crippen molar-refractivity contribution in [1.82, 2.24) is 10.6 Å². The Morgan fingerprint density at radius 1 is 0.857 bits per heavy atom. The molecule has 0 aromatic rings. The lowest BCUT2D eigenvalue weighted by atomic mass is 9.84. The number of unbranched alkanes of at least 4 members (excludes halogenated alkanes) is 1. The summed E-state index contributed by atoms with van der Waals surface area (Å²) in [6.45, 7) is 19.9. The number of hydrogen-bond donors (Lipinski definition) is 2. The molecule has 21 heavy (non-hydrogen) atoms. The van der Waals surface area contributed by atoms with E-state index in [0.29, 0.717) is 5.78 Å². The van der Waals surface area contributed by atoms with Crippen molar-refractivity contribution >= 4 is 5.78 Å². The minimum absolute atomic E-state index is 0.0325. The Kier molecular flexibility index (Phi) is 7.58. The van der Waals surface area contributed by atoms with Crippen LogP contribution in [0.1, 0.15) is 81.6 Å². The van der Waals surface area contributed by atoms with Crippen LogP contribution < -0.4 is 10.6 Å². The minimum Gasteiger partial charge on any atom is -0.312 e. The number of nitrogens with one attached hydrogen (secondary N) is 2. The largest absolute Gasteiger partial charge is 0.312 e. The molecule has 0 amide bonds. The van der Waals surface area contributed by atoms with Crippen LogP contribution in [0.25, 0.3) is 0 Å². The maximum atomic E-state index is 12.6. The zero-order chi connectivity index (χ0) is 16.9. The maximum Gasteiger partial charge on any atom is 0.155 e. The monoisotopic (exact) mass is 298 g/mol. The molecule has 3 heteroatoms. The molecule has 0 heterocycles. The summed E-state index contributed by atoms with van der Waals surface area (Å²) < 4.78 is 0. The summed E-state index contributed by atoms with van der Waals surface area (Å²) in [5, 5.41) is 7.00. The molecule has 0 fully saturated rings. The molecular formula is C18H38N2O. The Morgan fingerprint density at radius 2 is 1.38 bits per heavy atom. The van der Waals surface area contributed by atoms with Crippen molar-refractivity contribution in [3.63, 3.8) is 0 Å². The highest BCUT2D eigenvalue weighted by atomic mass is 16.1.